The number of ether oxygens (including phenoxy) is 3. The second-order valence-corrected chi connectivity index (χ2v) is 8.57. The number of nitrogens with zero attached hydrogens (tertiary/aromatic N) is 1. The van der Waals surface area contributed by atoms with Gasteiger partial charge in [0.25, 0.3) is 5.91 Å². The molecular formula is C23H22Cl2N2O5S. The second-order valence-electron chi connectivity index (χ2n) is 6.72. The number of carbonyl (C=O) groups excluding carboxylic acids is 2. The number of rotatable bonds is 8. The van der Waals surface area contributed by atoms with E-state index in [4.69, 9.17) is 37.4 Å². The van der Waals surface area contributed by atoms with Gasteiger partial charge < -0.3 is 19.5 Å². The zero-order chi connectivity index (χ0) is 24.0. The zero-order valence-corrected chi connectivity index (χ0v) is 20.6. The summed E-state index contributed by atoms with van der Waals surface area (Å²) in [6, 6.07) is 8.72. The summed E-state index contributed by atoms with van der Waals surface area (Å²) in [5, 5.41) is 4.04. The average Bonchev–Trinajstić information content (AvgIpc) is 3.10. The fraction of sp³-hybridized carbons (Fsp3) is 0.261. The van der Waals surface area contributed by atoms with Crippen LogP contribution in [0.5, 0.6) is 11.5 Å². The van der Waals surface area contributed by atoms with E-state index in [1.54, 1.807) is 37.3 Å². The van der Waals surface area contributed by atoms with Crippen LogP contribution in [0.2, 0.25) is 10.0 Å². The minimum atomic E-state index is -0.511. The fourth-order valence-corrected chi connectivity index (χ4v) is 4.14. The monoisotopic (exact) mass is 508 g/mol. The molecule has 0 spiro atoms. The van der Waals surface area contributed by atoms with Crippen molar-refractivity contribution in [2.75, 3.05) is 19.8 Å². The van der Waals surface area contributed by atoms with E-state index in [1.165, 1.54) is 11.8 Å². The van der Waals surface area contributed by atoms with E-state index in [0.717, 1.165) is 5.56 Å². The molecule has 174 valence electrons. The average molecular weight is 509 g/mol. The van der Waals surface area contributed by atoms with Gasteiger partial charge in [-0.3, -0.25) is 4.79 Å². The van der Waals surface area contributed by atoms with Gasteiger partial charge in [0.1, 0.15) is 0 Å². The highest BCUT2D eigenvalue weighted by Gasteiger charge is 2.25. The van der Waals surface area contributed by atoms with Crippen LogP contribution in [0.25, 0.3) is 6.08 Å². The molecule has 0 aromatic heterocycles. The maximum atomic E-state index is 12.5. The Kier molecular flexibility index (Phi) is 8.66. The number of halogens is 2. The molecule has 0 unspecified atom stereocenters. The number of benzene rings is 2. The lowest BCUT2D eigenvalue weighted by molar-refractivity contribution is -0.145. The minimum Gasteiger partial charge on any atom is -0.490 e. The maximum absolute atomic E-state index is 12.5. The van der Waals surface area contributed by atoms with Crippen molar-refractivity contribution in [1.82, 2.24) is 5.32 Å². The van der Waals surface area contributed by atoms with Gasteiger partial charge in [0.05, 0.1) is 28.8 Å². The molecule has 33 heavy (non-hydrogen) atoms. The maximum Gasteiger partial charge on any atom is 0.344 e. The molecule has 2 aromatic carbocycles. The predicted octanol–water partition coefficient (Wildman–Crippen LogP) is 5.53. The predicted molar refractivity (Wildman–Crippen MR) is 132 cm³/mol. The van der Waals surface area contributed by atoms with Crippen LogP contribution in [-0.2, 0) is 14.3 Å². The lowest BCUT2D eigenvalue weighted by Crippen LogP contribution is -2.19. The van der Waals surface area contributed by atoms with Gasteiger partial charge in [-0.25, -0.2) is 9.79 Å². The van der Waals surface area contributed by atoms with E-state index >= 15 is 0 Å². The Morgan fingerprint density at radius 1 is 1.15 bits per heavy atom. The molecule has 3 rings (SSSR count). The molecule has 1 aliphatic rings. The number of nitrogens with one attached hydrogen (secondary N) is 1. The van der Waals surface area contributed by atoms with Crippen LogP contribution in [0.15, 0.2) is 40.2 Å². The summed E-state index contributed by atoms with van der Waals surface area (Å²) >= 11 is 13.7. The Hall–Kier alpha value is -2.68. The van der Waals surface area contributed by atoms with Gasteiger partial charge in [-0.05, 0) is 74.0 Å². The van der Waals surface area contributed by atoms with E-state index < -0.39 is 5.97 Å². The van der Waals surface area contributed by atoms with E-state index in [2.05, 4.69) is 10.3 Å². The van der Waals surface area contributed by atoms with Gasteiger partial charge in [-0.15, -0.1) is 0 Å². The van der Waals surface area contributed by atoms with Crippen LogP contribution in [0.3, 0.4) is 0 Å². The van der Waals surface area contributed by atoms with Gasteiger partial charge in [-0.1, -0.05) is 29.3 Å². The Labute approximate surface area is 206 Å². The van der Waals surface area contributed by atoms with Gasteiger partial charge >= 0.3 is 5.97 Å². The number of hydrogen-bond acceptors (Lipinski definition) is 7. The minimum absolute atomic E-state index is 0.232. The number of esters is 1. The number of hydrogen-bond donors (Lipinski definition) is 1. The molecule has 0 radical (unpaired) electrons. The molecule has 7 nitrogen and oxygen atoms in total. The largest absolute Gasteiger partial charge is 0.490 e. The van der Waals surface area contributed by atoms with Crippen molar-refractivity contribution in [2.45, 2.75) is 20.8 Å². The second kappa shape index (κ2) is 11.4. The highest BCUT2D eigenvalue weighted by molar-refractivity contribution is 8.18. The number of thioether (sulfide) groups is 1. The Balaban J connectivity index is 1.84. The third-order valence-corrected chi connectivity index (χ3v) is 5.98. The molecule has 0 aliphatic carbocycles. The van der Waals surface area contributed by atoms with Gasteiger partial charge in [0.15, 0.2) is 23.3 Å². The van der Waals surface area contributed by atoms with Crippen LogP contribution in [0, 0.1) is 6.92 Å². The summed E-state index contributed by atoms with van der Waals surface area (Å²) < 4.78 is 16.0. The van der Waals surface area contributed by atoms with Crippen LogP contribution in [-0.4, -0.2) is 36.9 Å². The topological polar surface area (TPSA) is 86.2 Å². The summed E-state index contributed by atoms with van der Waals surface area (Å²) in [5.41, 5.74) is 2.13. The fourth-order valence-electron chi connectivity index (χ4n) is 2.87. The summed E-state index contributed by atoms with van der Waals surface area (Å²) in [5.74, 6) is -0.206. The first-order chi connectivity index (χ1) is 15.8. The first-order valence-corrected chi connectivity index (χ1v) is 11.7. The normalized spacial score (nSPS) is 15.6. The lowest BCUT2D eigenvalue weighted by Gasteiger charge is -2.14. The van der Waals surface area contributed by atoms with Crippen LogP contribution in [0.4, 0.5) is 5.69 Å². The first kappa shape index (κ1) is 25.0. The van der Waals surface area contributed by atoms with E-state index in [0.29, 0.717) is 38.7 Å². The summed E-state index contributed by atoms with van der Waals surface area (Å²) in [6.45, 7) is 5.70. The van der Waals surface area contributed by atoms with Crippen LogP contribution < -0.4 is 14.8 Å². The quantitative estimate of drug-likeness (QED) is 0.372. The van der Waals surface area contributed by atoms with Crippen molar-refractivity contribution < 1.29 is 23.8 Å². The Morgan fingerprint density at radius 3 is 2.67 bits per heavy atom. The van der Waals surface area contributed by atoms with Crippen molar-refractivity contribution in [3.63, 3.8) is 0 Å². The standard InChI is InChI=1S/C23H22Cl2N2O5S/c1-4-30-18-10-14(9-16(25)21(18)32-12-20(28)31-5-2)11-19-22(29)27-23(33-19)26-17-8-6-7-15(24)13(17)3/h6-11H,4-5,12H2,1-3H3,(H,26,27,29)/b19-11+. The molecule has 1 N–H and O–H groups in total. The smallest absolute Gasteiger partial charge is 0.344 e. The van der Waals surface area contributed by atoms with Crippen LogP contribution >= 0.6 is 35.0 Å². The van der Waals surface area contributed by atoms with Crippen molar-refractivity contribution in [2.24, 2.45) is 4.99 Å². The third-order valence-electron chi connectivity index (χ3n) is 4.38. The molecule has 1 heterocycles. The van der Waals surface area contributed by atoms with Crippen molar-refractivity contribution in [3.8, 4) is 11.5 Å². The third kappa shape index (κ3) is 6.43. The van der Waals surface area contributed by atoms with E-state index in [-0.39, 0.29) is 29.9 Å². The molecule has 1 amide bonds. The summed E-state index contributed by atoms with van der Waals surface area (Å²) in [4.78, 5) is 29.1. The highest BCUT2D eigenvalue weighted by Crippen LogP contribution is 2.38. The molecule has 0 atom stereocenters. The van der Waals surface area contributed by atoms with E-state index in [1.807, 2.05) is 19.9 Å². The Morgan fingerprint density at radius 2 is 1.94 bits per heavy atom. The molecule has 2 aromatic rings. The molecule has 1 aliphatic heterocycles. The van der Waals surface area contributed by atoms with Gasteiger partial charge in [-0.2, -0.15) is 0 Å². The van der Waals surface area contributed by atoms with E-state index in [9.17, 15) is 9.59 Å². The van der Waals surface area contributed by atoms with Gasteiger partial charge in [0.2, 0.25) is 0 Å². The molecule has 1 saturated heterocycles. The zero-order valence-electron chi connectivity index (χ0n) is 18.2. The molecule has 1 fully saturated rings. The van der Waals surface area contributed by atoms with Crippen molar-refractivity contribution in [1.29, 1.82) is 0 Å². The number of amides is 1. The number of aliphatic imine (C=N–C) groups is 1. The number of amidine groups is 1. The first-order valence-electron chi connectivity index (χ1n) is 10.1. The SMILES string of the molecule is CCOC(=O)COc1c(Cl)cc(/C=C2/SC(=Nc3cccc(Cl)c3C)NC2=O)cc1OCC. The summed E-state index contributed by atoms with van der Waals surface area (Å²) in [7, 11) is 0. The Bertz CT molecular complexity index is 1130. The highest BCUT2D eigenvalue weighted by atomic mass is 35.5. The summed E-state index contributed by atoms with van der Waals surface area (Å²) in [6.07, 6.45) is 1.68. The molecule has 10 heteroatoms. The molecule has 0 saturated carbocycles. The molecule has 0 bridgehead atoms. The van der Waals surface area contributed by atoms with Gasteiger partial charge in [0, 0.05) is 5.02 Å². The van der Waals surface area contributed by atoms with Crippen LogP contribution in [0.1, 0.15) is 25.0 Å². The molecular weight excluding hydrogens is 487 g/mol. The number of carbonyl (C=O) groups is 2. The van der Waals surface area contributed by atoms with Crippen molar-refractivity contribution >= 4 is 63.8 Å². The lowest BCUT2D eigenvalue weighted by atomic mass is 10.2. The van der Waals surface area contributed by atoms with Crippen molar-refractivity contribution in [3.05, 3.63) is 56.4 Å².